The Balaban J connectivity index is 1.36. The number of halogens is 1. The summed E-state index contributed by atoms with van der Waals surface area (Å²) >= 11 is 1.92. The first-order valence-corrected chi connectivity index (χ1v) is 9.89. The van der Waals surface area contributed by atoms with Crippen LogP contribution in [0.5, 0.6) is 0 Å². The van der Waals surface area contributed by atoms with Gasteiger partial charge in [0.25, 0.3) is 0 Å². The fraction of sp³-hybridized carbons (Fsp3) is 0.500. The summed E-state index contributed by atoms with van der Waals surface area (Å²) in [5.41, 5.74) is 1.63. The maximum absolute atomic E-state index is 13.1. The second-order valence-corrected chi connectivity index (χ2v) is 8.64. The molecular formula is C20H23FN2S. The van der Waals surface area contributed by atoms with Crippen molar-refractivity contribution in [3.63, 3.8) is 0 Å². The average Bonchev–Trinajstić information content (AvgIpc) is 3.31. The Bertz CT molecular complexity index is 714. The van der Waals surface area contributed by atoms with Crippen LogP contribution >= 0.6 is 11.3 Å². The van der Waals surface area contributed by atoms with E-state index in [0.717, 1.165) is 12.5 Å². The van der Waals surface area contributed by atoms with Crippen LogP contribution in [0.25, 0.3) is 0 Å². The van der Waals surface area contributed by atoms with Crippen LogP contribution in [0.4, 0.5) is 4.39 Å². The molecule has 3 aliphatic heterocycles. The quantitative estimate of drug-likeness (QED) is 0.821. The molecule has 0 saturated carbocycles. The molecule has 1 spiro atoms. The second kappa shape index (κ2) is 5.65. The topological polar surface area (TPSA) is 6.48 Å². The summed E-state index contributed by atoms with van der Waals surface area (Å²) < 4.78 is 13.1. The largest absolute Gasteiger partial charge is 0.297 e. The molecule has 0 N–H and O–H groups in total. The summed E-state index contributed by atoms with van der Waals surface area (Å²) in [6.45, 7) is 4.58. The van der Waals surface area contributed by atoms with Gasteiger partial charge in [-0.25, -0.2) is 4.39 Å². The van der Waals surface area contributed by atoms with E-state index in [-0.39, 0.29) is 5.82 Å². The SMILES string of the molecule is Fc1ccc(CN2CC3CC(c4cccs4)N4CCCC34C2)cc1. The van der Waals surface area contributed by atoms with E-state index in [9.17, 15) is 4.39 Å². The number of hydrogen-bond acceptors (Lipinski definition) is 3. The highest BCUT2D eigenvalue weighted by atomic mass is 32.1. The highest BCUT2D eigenvalue weighted by Gasteiger charge is 2.59. The summed E-state index contributed by atoms with van der Waals surface area (Å²) in [6, 6.07) is 12.2. The van der Waals surface area contributed by atoms with Crippen LogP contribution in [0.15, 0.2) is 41.8 Å². The molecule has 126 valence electrons. The smallest absolute Gasteiger partial charge is 0.123 e. The molecule has 4 heterocycles. The normalized spacial score (nSPS) is 33.0. The maximum Gasteiger partial charge on any atom is 0.123 e. The van der Waals surface area contributed by atoms with Crippen LogP contribution in [0, 0.1) is 11.7 Å². The summed E-state index contributed by atoms with van der Waals surface area (Å²) in [7, 11) is 0. The third kappa shape index (κ3) is 2.27. The summed E-state index contributed by atoms with van der Waals surface area (Å²) in [6.07, 6.45) is 3.99. The second-order valence-electron chi connectivity index (χ2n) is 7.66. The molecule has 0 amide bonds. The first-order chi connectivity index (χ1) is 11.7. The number of likely N-dealkylation sites (tertiary alicyclic amines) is 1. The lowest BCUT2D eigenvalue weighted by molar-refractivity contribution is 0.132. The van der Waals surface area contributed by atoms with E-state index in [0.29, 0.717) is 11.6 Å². The standard InChI is InChI=1S/C20H23FN2S/c21-17-6-4-15(5-7-17)12-22-13-16-11-18(19-3-1-10-24-19)23-9-2-8-20(16,23)14-22/h1,3-7,10,16,18H,2,8-9,11-14H2. The highest BCUT2D eigenvalue weighted by molar-refractivity contribution is 7.10. The zero-order valence-corrected chi connectivity index (χ0v) is 14.6. The highest BCUT2D eigenvalue weighted by Crippen LogP contribution is 2.56. The number of rotatable bonds is 3. The van der Waals surface area contributed by atoms with Crippen LogP contribution in [0.2, 0.25) is 0 Å². The van der Waals surface area contributed by atoms with Gasteiger partial charge in [0.1, 0.15) is 5.82 Å². The first-order valence-electron chi connectivity index (χ1n) is 9.01. The van der Waals surface area contributed by atoms with Gasteiger partial charge in [-0.2, -0.15) is 0 Å². The van der Waals surface area contributed by atoms with E-state index in [4.69, 9.17) is 0 Å². The molecule has 0 radical (unpaired) electrons. The summed E-state index contributed by atoms with van der Waals surface area (Å²) in [4.78, 5) is 6.98. The molecule has 1 aromatic heterocycles. The molecule has 2 aromatic rings. The van der Waals surface area contributed by atoms with Gasteiger partial charge in [0, 0.05) is 36.1 Å². The predicted octanol–water partition coefficient (Wildman–Crippen LogP) is 4.30. The van der Waals surface area contributed by atoms with Gasteiger partial charge in [-0.15, -0.1) is 11.3 Å². The summed E-state index contributed by atoms with van der Waals surface area (Å²) in [5.74, 6) is 0.643. The molecule has 3 aliphatic rings. The van der Waals surface area contributed by atoms with Gasteiger partial charge in [0.2, 0.25) is 0 Å². The number of nitrogens with zero attached hydrogens (tertiary/aromatic N) is 2. The lowest BCUT2D eigenvalue weighted by atomic mass is 9.86. The van der Waals surface area contributed by atoms with Crippen molar-refractivity contribution in [2.45, 2.75) is 37.4 Å². The predicted molar refractivity (Wildman–Crippen MR) is 95.5 cm³/mol. The Morgan fingerprint density at radius 1 is 1.21 bits per heavy atom. The molecule has 3 atom stereocenters. The lowest BCUT2D eigenvalue weighted by Gasteiger charge is -2.35. The van der Waals surface area contributed by atoms with Crippen molar-refractivity contribution < 1.29 is 4.39 Å². The summed E-state index contributed by atoms with van der Waals surface area (Å²) in [5, 5.41) is 2.22. The minimum atomic E-state index is -0.142. The molecule has 24 heavy (non-hydrogen) atoms. The molecule has 0 aliphatic carbocycles. The van der Waals surface area contributed by atoms with Crippen LogP contribution in [0.1, 0.15) is 35.7 Å². The number of thiophene rings is 1. The van der Waals surface area contributed by atoms with Crippen molar-refractivity contribution in [3.8, 4) is 0 Å². The molecule has 1 aromatic carbocycles. The molecule has 5 rings (SSSR count). The van der Waals surface area contributed by atoms with E-state index >= 15 is 0 Å². The van der Waals surface area contributed by atoms with E-state index in [1.165, 1.54) is 44.5 Å². The van der Waals surface area contributed by atoms with Crippen molar-refractivity contribution in [2.24, 2.45) is 5.92 Å². The van der Waals surface area contributed by atoms with Crippen molar-refractivity contribution in [3.05, 3.63) is 58.0 Å². The third-order valence-electron chi connectivity index (χ3n) is 6.39. The van der Waals surface area contributed by atoms with Crippen molar-refractivity contribution in [1.82, 2.24) is 9.80 Å². The third-order valence-corrected chi connectivity index (χ3v) is 7.37. The average molecular weight is 342 g/mol. The molecule has 0 bridgehead atoms. The Morgan fingerprint density at radius 2 is 2.08 bits per heavy atom. The van der Waals surface area contributed by atoms with Gasteiger partial charge in [0.05, 0.1) is 0 Å². The number of benzene rings is 1. The van der Waals surface area contributed by atoms with Crippen LogP contribution in [-0.2, 0) is 6.54 Å². The van der Waals surface area contributed by atoms with Gasteiger partial charge >= 0.3 is 0 Å². The zero-order valence-electron chi connectivity index (χ0n) is 13.8. The number of hydrogen-bond donors (Lipinski definition) is 0. The first kappa shape index (κ1) is 15.1. The van der Waals surface area contributed by atoms with Gasteiger partial charge < -0.3 is 0 Å². The van der Waals surface area contributed by atoms with Crippen molar-refractivity contribution >= 4 is 11.3 Å². The van der Waals surface area contributed by atoms with E-state index < -0.39 is 0 Å². The molecule has 3 unspecified atom stereocenters. The Labute approximate surface area is 146 Å². The molecule has 3 fully saturated rings. The minimum absolute atomic E-state index is 0.142. The molecule has 4 heteroatoms. The Hall–Kier alpha value is -1.23. The van der Waals surface area contributed by atoms with E-state index in [1.807, 2.05) is 23.5 Å². The lowest BCUT2D eigenvalue weighted by Crippen LogP contribution is -2.45. The van der Waals surface area contributed by atoms with E-state index in [1.54, 1.807) is 17.0 Å². The molecular weight excluding hydrogens is 319 g/mol. The molecule has 3 saturated heterocycles. The Kier molecular flexibility index (Phi) is 3.55. The fourth-order valence-corrected chi connectivity index (χ4v) is 6.32. The maximum atomic E-state index is 13.1. The fourth-order valence-electron chi connectivity index (χ4n) is 5.47. The van der Waals surface area contributed by atoms with Crippen LogP contribution < -0.4 is 0 Å². The van der Waals surface area contributed by atoms with Crippen molar-refractivity contribution in [1.29, 1.82) is 0 Å². The zero-order chi connectivity index (χ0) is 16.1. The van der Waals surface area contributed by atoms with Crippen LogP contribution in [0.3, 0.4) is 0 Å². The Morgan fingerprint density at radius 3 is 2.88 bits per heavy atom. The van der Waals surface area contributed by atoms with Crippen molar-refractivity contribution in [2.75, 3.05) is 19.6 Å². The van der Waals surface area contributed by atoms with Gasteiger partial charge in [-0.3, -0.25) is 9.80 Å². The van der Waals surface area contributed by atoms with Gasteiger partial charge in [-0.1, -0.05) is 18.2 Å². The molecule has 2 nitrogen and oxygen atoms in total. The van der Waals surface area contributed by atoms with Crippen LogP contribution in [-0.4, -0.2) is 35.0 Å². The van der Waals surface area contributed by atoms with Gasteiger partial charge in [-0.05, 0) is 60.9 Å². The minimum Gasteiger partial charge on any atom is -0.297 e. The van der Waals surface area contributed by atoms with Gasteiger partial charge in [0.15, 0.2) is 0 Å². The monoisotopic (exact) mass is 342 g/mol. The van der Waals surface area contributed by atoms with E-state index in [2.05, 4.69) is 27.3 Å².